The highest BCUT2D eigenvalue weighted by Crippen LogP contribution is 2.37. The summed E-state index contributed by atoms with van der Waals surface area (Å²) in [6, 6.07) is 3.61. The molecule has 0 saturated heterocycles. The van der Waals surface area contributed by atoms with Gasteiger partial charge in [0.15, 0.2) is 0 Å². The number of nitrogens with one attached hydrogen (secondary N) is 1. The molecular formula is C13H18N4O. The van der Waals surface area contributed by atoms with E-state index in [1.165, 1.54) is 19.0 Å². The number of aliphatic hydroxyl groups excluding tert-OH is 1. The lowest BCUT2D eigenvalue weighted by molar-refractivity contribution is 0.142. The van der Waals surface area contributed by atoms with E-state index in [2.05, 4.69) is 10.3 Å². The molecule has 4 N–H and O–H groups in total. The second-order valence-corrected chi connectivity index (χ2v) is 4.99. The highest BCUT2D eigenvalue weighted by Gasteiger charge is 2.33. The average Bonchev–Trinajstić information content (AvgIpc) is 2.86. The molecule has 1 heterocycles. The van der Waals surface area contributed by atoms with Crippen LogP contribution in [0.1, 0.15) is 31.2 Å². The van der Waals surface area contributed by atoms with Crippen LogP contribution in [-0.2, 0) is 0 Å². The lowest BCUT2D eigenvalue weighted by Crippen LogP contribution is -2.31. The van der Waals surface area contributed by atoms with Crippen LogP contribution in [-0.4, -0.2) is 23.2 Å². The molecule has 1 aliphatic carbocycles. The van der Waals surface area contributed by atoms with Crippen LogP contribution in [0.5, 0.6) is 0 Å². The van der Waals surface area contributed by atoms with Gasteiger partial charge in [0, 0.05) is 18.2 Å². The minimum absolute atomic E-state index is 0.0397. The number of anilines is 2. The third kappa shape index (κ3) is 2.54. The molecule has 1 saturated carbocycles. The maximum atomic E-state index is 9.51. The first-order valence-electron chi connectivity index (χ1n) is 6.19. The van der Waals surface area contributed by atoms with Gasteiger partial charge in [0.05, 0.1) is 17.9 Å². The number of nitrogens with zero attached hydrogens (tertiary/aromatic N) is 2. The molecule has 2 rings (SSSR count). The van der Waals surface area contributed by atoms with Crippen LogP contribution in [0.25, 0.3) is 0 Å². The second kappa shape index (κ2) is 5.23. The van der Waals surface area contributed by atoms with Crippen LogP contribution in [0, 0.1) is 16.7 Å². The molecule has 0 atom stereocenters. The van der Waals surface area contributed by atoms with E-state index in [4.69, 9.17) is 11.0 Å². The van der Waals surface area contributed by atoms with Crippen molar-refractivity contribution < 1.29 is 5.11 Å². The van der Waals surface area contributed by atoms with Crippen molar-refractivity contribution in [3.05, 3.63) is 17.8 Å². The minimum Gasteiger partial charge on any atom is -0.396 e. The van der Waals surface area contributed by atoms with Crippen molar-refractivity contribution in [2.24, 2.45) is 5.41 Å². The standard InChI is InChI=1S/C13H18N4O/c14-6-10-5-11(15)12(16-7-10)17-8-13(9-18)3-1-2-4-13/h5,7,18H,1-4,8-9,15H2,(H,16,17). The van der Waals surface area contributed by atoms with E-state index < -0.39 is 0 Å². The molecule has 0 spiro atoms. The molecule has 0 amide bonds. The van der Waals surface area contributed by atoms with E-state index in [-0.39, 0.29) is 12.0 Å². The van der Waals surface area contributed by atoms with Crippen molar-refractivity contribution >= 4 is 11.5 Å². The molecule has 0 aromatic carbocycles. The number of rotatable bonds is 4. The predicted octanol–water partition coefficient (Wildman–Crippen LogP) is 1.50. The first-order chi connectivity index (χ1) is 8.69. The van der Waals surface area contributed by atoms with Crippen molar-refractivity contribution in [2.45, 2.75) is 25.7 Å². The van der Waals surface area contributed by atoms with Crippen LogP contribution in [0.4, 0.5) is 11.5 Å². The fourth-order valence-electron chi connectivity index (χ4n) is 2.48. The van der Waals surface area contributed by atoms with E-state index in [9.17, 15) is 5.11 Å². The molecule has 0 aliphatic heterocycles. The number of nitriles is 1. The van der Waals surface area contributed by atoms with Gasteiger partial charge in [-0.3, -0.25) is 0 Å². The van der Waals surface area contributed by atoms with Gasteiger partial charge in [0.25, 0.3) is 0 Å². The lowest BCUT2D eigenvalue weighted by atomic mass is 9.87. The number of hydrogen-bond donors (Lipinski definition) is 3. The third-order valence-corrected chi connectivity index (χ3v) is 3.68. The Hall–Kier alpha value is -1.80. The van der Waals surface area contributed by atoms with Gasteiger partial charge in [0.1, 0.15) is 11.9 Å². The summed E-state index contributed by atoms with van der Waals surface area (Å²) in [6.45, 7) is 0.864. The highest BCUT2D eigenvalue weighted by molar-refractivity contribution is 5.63. The number of hydrogen-bond acceptors (Lipinski definition) is 5. The molecule has 5 nitrogen and oxygen atoms in total. The largest absolute Gasteiger partial charge is 0.396 e. The summed E-state index contributed by atoms with van der Waals surface area (Å²) < 4.78 is 0. The summed E-state index contributed by atoms with van der Waals surface area (Å²) >= 11 is 0. The Bertz CT molecular complexity index is 461. The third-order valence-electron chi connectivity index (χ3n) is 3.68. The Labute approximate surface area is 107 Å². The Morgan fingerprint density at radius 1 is 1.50 bits per heavy atom. The van der Waals surface area contributed by atoms with E-state index >= 15 is 0 Å². The number of aliphatic hydroxyl groups is 1. The second-order valence-electron chi connectivity index (χ2n) is 4.99. The molecule has 5 heteroatoms. The Morgan fingerprint density at radius 3 is 2.78 bits per heavy atom. The Morgan fingerprint density at radius 2 is 2.22 bits per heavy atom. The summed E-state index contributed by atoms with van der Waals surface area (Å²) in [6.07, 6.45) is 5.90. The predicted molar refractivity (Wildman–Crippen MR) is 69.8 cm³/mol. The van der Waals surface area contributed by atoms with Crippen molar-refractivity contribution in [2.75, 3.05) is 24.2 Å². The molecule has 96 valence electrons. The molecule has 1 fully saturated rings. The van der Waals surface area contributed by atoms with Crippen molar-refractivity contribution in [3.8, 4) is 6.07 Å². The maximum Gasteiger partial charge on any atom is 0.149 e. The average molecular weight is 246 g/mol. The van der Waals surface area contributed by atoms with Gasteiger partial charge in [-0.2, -0.15) is 5.26 Å². The Kier molecular flexibility index (Phi) is 3.68. The van der Waals surface area contributed by atoms with Crippen LogP contribution in [0.15, 0.2) is 12.3 Å². The van der Waals surface area contributed by atoms with Crippen LogP contribution >= 0.6 is 0 Å². The normalized spacial score (nSPS) is 17.3. The SMILES string of the molecule is N#Cc1cnc(NCC2(CO)CCCC2)c(N)c1. The summed E-state index contributed by atoms with van der Waals surface area (Å²) in [7, 11) is 0. The zero-order valence-electron chi connectivity index (χ0n) is 10.3. The first kappa shape index (κ1) is 12.7. The number of aromatic nitrogens is 1. The highest BCUT2D eigenvalue weighted by atomic mass is 16.3. The fourth-order valence-corrected chi connectivity index (χ4v) is 2.48. The van der Waals surface area contributed by atoms with Crippen LogP contribution < -0.4 is 11.1 Å². The summed E-state index contributed by atoms with van der Waals surface area (Å²) in [5, 5.41) is 21.4. The van der Waals surface area contributed by atoms with Crippen molar-refractivity contribution in [3.63, 3.8) is 0 Å². The number of pyridine rings is 1. The van der Waals surface area contributed by atoms with Gasteiger partial charge in [0.2, 0.25) is 0 Å². The first-order valence-corrected chi connectivity index (χ1v) is 6.19. The lowest BCUT2D eigenvalue weighted by Gasteiger charge is -2.27. The molecule has 0 bridgehead atoms. The quantitative estimate of drug-likeness (QED) is 0.748. The summed E-state index contributed by atoms with van der Waals surface area (Å²) in [5.41, 5.74) is 6.71. The smallest absolute Gasteiger partial charge is 0.149 e. The van der Waals surface area contributed by atoms with E-state index in [0.29, 0.717) is 23.6 Å². The molecule has 1 aliphatic rings. The topological polar surface area (TPSA) is 95.0 Å². The molecule has 0 unspecified atom stereocenters. The fraction of sp³-hybridized carbons (Fsp3) is 0.538. The van der Waals surface area contributed by atoms with E-state index in [1.54, 1.807) is 6.07 Å². The Balaban J connectivity index is 2.04. The maximum absolute atomic E-state index is 9.51. The van der Waals surface area contributed by atoms with E-state index in [1.807, 2.05) is 6.07 Å². The van der Waals surface area contributed by atoms with Crippen molar-refractivity contribution in [1.29, 1.82) is 5.26 Å². The molecule has 18 heavy (non-hydrogen) atoms. The van der Waals surface area contributed by atoms with Crippen LogP contribution in [0.2, 0.25) is 0 Å². The minimum atomic E-state index is -0.0397. The zero-order chi connectivity index (χ0) is 13.0. The van der Waals surface area contributed by atoms with Crippen molar-refractivity contribution in [1.82, 2.24) is 4.98 Å². The van der Waals surface area contributed by atoms with Crippen LogP contribution in [0.3, 0.4) is 0 Å². The van der Waals surface area contributed by atoms with E-state index in [0.717, 1.165) is 12.8 Å². The molecule has 0 radical (unpaired) electrons. The van der Waals surface area contributed by atoms with Gasteiger partial charge in [-0.15, -0.1) is 0 Å². The molecule has 1 aromatic heterocycles. The monoisotopic (exact) mass is 246 g/mol. The number of nitrogen functional groups attached to an aromatic ring is 1. The van der Waals surface area contributed by atoms with Gasteiger partial charge in [-0.25, -0.2) is 4.98 Å². The van der Waals surface area contributed by atoms with Gasteiger partial charge >= 0.3 is 0 Å². The number of nitrogens with two attached hydrogens (primary N) is 1. The summed E-state index contributed by atoms with van der Waals surface area (Å²) in [5.74, 6) is 0.591. The van der Waals surface area contributed by atoms with Gasteiger partial charge < -0.3 is 16.2 Å². The van der Waals surface area contributed by atoms with Gasteiger partial charge in [-0.1, -0.05) is 12.8 Å². The zero-order valence-corrected chi connectivity index (χ0v) is 10.3. The molecular weight excluding hydrogens is 228 g/mol. The summed E-state index contributed by atoms with van der Waals surface area (Å²) in [4.78, 5) is 4.14. The molecule has 1 aromatic rings. The van der Waals surface area contributed by atoms with Gasteiger partial charge in [-0.05, 0) is 18.9 Å².